The first-order chi connectivity index (χ1) is 13.9. The Morgan fingerprint density at radius 3 is 2.53 bits per heavy atom. The van der Waals surface area contributed by atoms with Crippen LogP contribution in [0.1, 0.15) is 11.1 Å². The Hall–Kier alpha value is -2.79. The summed E-state index contributed by atoms with van der Waals surface area (Å²) in [7, 11) is -2.62. The highest BCUT2D eigenvalue weighted by molar-refractivity contribution is 7.92. The number of rotatable bonds is 7. The highest BCUT2D eigenvalue weighted by Crippen LogP contribution is 2.33. The predicted octanol–water partition coefficient (Wildman–Crippen LogP) is 3.28. The molecule has 0 bridgehead atoms. The summed E-state index contributed by atoms with van der Waals surface area (Å²) in [6, 6.07) is 8.87. The number of carbonyl (C=O) groups excluding carboxylic acids is 1. The zero-order chi connectivity index (χ0) is 22.5. The molecule has 2 aromatic rings. The molecule has 0 aliphatic carbocycles. The fourth-order valence-corrected chi connectivity index (χ4v) is 3.46. The van der Waals surface area contributed by atoms with Crippen LogP contribution in [-0.4, -0.2) is 40.4 Å². The van der Waals surface area contributed by atoms with E-state index in [2.05, 4.69) is 5.10 Å². The van der Waals surface area contributed by atoms with Crippen molar-refractivity contribution in [3.63, 3.8) is 0 Å². The maximum absolute atomic E-state index is 13.0. The Bertz CT molecular complexity index is 1060. The molecule has 1 amide bonds. The van der Waals surface area contributed by atoms with Crippen molar-refractivity contribution in [1.29, 1.82) is 0 Å². The molecule has 162 valence electrons. The van der Waals surface area contributed by atoms with Crippen LogP contribution in [0.15, 0.2) is 47.6 Å². The molecule has 30 heavy (non-hydrogen) atoms. The summed E-state index contributed by atoms with van der Waals surface area (Å²) in [4.78, 5) is 12.2. The maximum Gasteiger partial charge on any atom is 0.417 e. The molecule has 0 atom stereocenters. The van der Waals surface area contributed by atoms with Crippen LogP contribution in [-0.2, 0) is 21.0 Å². The molecule has 0 spiro atoms. The van der Waals surface area contributed by atoms with E-state index in [-0.39, 0.29) is 22.0 Å². The quantitative estimate of drug-likeness (QED) is 0.504. The first-order valence-corrected chi connectivity index (χ1v) is 10.5. The number of anilines is 1. The number of carbonyl (C=O) groups is 1. The number of benzene rings is 2. The fraction of sp³-hybridized carbons (Fsp3) is 0.222. The van der Waals surface area contributed by atoms with Crippen molar-refractivity contribution >= 4 is 39.4 Å². The second kappa shape index (κ2) is 9.35. The van der Waals surface area contributed by atoms with Gasteiger partial charge in [-0.25, -0.2) is 13.8 Å². The first kappa shape index (κ1) is 23.5. The van der Waals surface area contributed by atoms with Gasteiger partial charge in [0.25, 0.3) is 5.91 Å². The number of sulfonamides is 1. The molecule has 1 N–H and O–H groups in total. The number of halogens is 4. The van der Waals surface area contributed by atoms with E-state index in [0.717, 1.165) is 22.8 Å². The second-order valence-corrected chi connectivity index (χ2v) is 8.31. The highest BCUT2D eigenvalue weighted by Gasteiger charge is 2.32. The first-order valence-electron chi connectivity index (χ1n) is 8.23. The van der Waals surface area contributed by atoms with Crippen LogP contribution >= 0.6 is 11.6 Å². The van der Waals surface area contributed by atoms with Gasteiger partial charge in [0.15, 0.2) is 0 Å². The van der Waals surface area contributed by atoms with Crippen molar-refractivity contribution in [2.24, 2.45) is 5.10 Å². The average molecular weight is 464 g/mol. The van der Waals surface area contributed by atoms with Crippen LogP contribution in [0.25, 0.3) is 0 Å². The number of alkyl halides is 3. The van der Waals surface area contributed by atoms with Crippen LogP contribution < -0.4 is 14.5 Å². The van der Waals surface area contributed by atoms with Gasteiger partial charge in [-0.15, -0.1) is 0 Å². The molecule has 12 heteroatoms. The summed E-state index contributed by atoms with van der Waals surface area (Å²) in [6.07, 6.45) is -2.89. The molecule has 0 aromatic heterocycles. The number of hydrogen-bond acceptors (Lipinski definition) is 5. The molecule has 0 fully saturated rings. The van der Waals surface area contributed by atoms with E-state index in [1.54, 1.807) is 0 Å². The molecular formula is C18H17ClF3N3O4S. The monoisotopic (exact) mass is 463 g/mol. The summed E-state index contributed by atoms with van der Waals surface area (Å²) >= 11 is 5.91. The SMILES string of the molecule is COc1ccc(Cl)cc1N(CC(=O)N/N=C\c1ccccc1C(F)(F)F)S(C)(=O)=O. The summed E-state index contributed by atoms with van der Waals surface area (Å²) in [5, 5.41) is 3.71. The lowest BCUT2D eigenvalue weighted by Crippen LogP contribution is -2.39. The third kappa shape index (κ3) is 6.10. The Labute approximate surface area is 176 Å². The number of nitrogens with zero attached hydrogens (tertiary/aromatic N) is 2. The van der Waals surface area contributed by atoms with E-state index < -0.39 is 34.2 Å². The van der Waals surface area contributed by atoms with Gasteiger partial charge in [-0.1, -0.05) is 29.8 Å². The largest absolute Gasteiger partial charge is 0.495 e. The molecule has 0 saturated carbocycles. The van der Waals surface area contributed by atoms with Gasteiger partial charge in [-0.3, -0.25) is 9.10 Å². The Balaban J connectivity index is 2.22. The van der Waals surface area contributed by atoms with Gasteiger partial charge in [0, 0.05) is 10.6 Å². The summed E-state index contributed by atoms with van der Waals surface area (Å²) in [6.45, 7) is -0.701. The minimum atomic E-state index is -4.59. The van der Waals surface area contributed by atoms with Crippen molar-refractivity contribution in [3.05, 3.63) is 58.6 Å². The van der Waals surface area contributed by atoms with Gasteiger partial charge in [0.05, 0.1) is 30.8 Å². The third-order valence-electron chi connectivity index (χ3n) is 3.76. The van der Waals surface area contributed by atoms with E-state index in [1.807, 2.05) is 5.43 Å². The number of amides is 1. The molecule has 0 saturated heterocycles. The average Bonchev–Trinajstić information content (AvgIpc) is 2.65. The van der Waals surface area contributed by atoms with Gasteiger partial charge < -0.3 is 4.74 Å². The van der Waals surface area contributed by atoms with Crippen LogP contribution in [0.3, 0.4) is 0 Å². The molecule has 0 aliphatic heterocycles. The molecule has 0 unspecified atom stereocenters. The zero-order valence-corrected chi connectivity index (χ0v) is 17.3. The van der Waals surface area contributed by atoms with Crippen molar-refractivity contribution < 1.29 is 31.1 Å². The highest BCUT2D eigenvalue weighted by atomic mass is 35.5. The maximum atomic E-state index is 13.0. The molecule has 2 rings (SSSR count). The van der Waals surface area contributed by atoms with Gasteiger partial charge in [-0.05, 0) is 24.3 Å². The number of hydrazone groups is 1. The minimum Gasteiger partial charge on any atom is -0.495 e. The van der Waals surface area contributed by atoms with E-state index in [1.165, 1.54) is 43.5 Å². The smallest absolute Gasteiger partial charge is 0.417 e. The topological polar surface area (TPSA) is 88.1 Å². The van der Waals surface area contributed by atoms with Crippen molar-refractivity contribution in [2.45, 2.75) is 6.18 Å². The Morgan fingerprint density at radius 1 is 1.27 bits per heavy atom. The van der Waals surface area contributed by atoms with Crippen molar-refractivity contribution in [1.82, 2.24) is 5.43 Å². The van der Waals surface area contributed by atoms with Crippen LogP contribution in [0.2, 0.25) is 5.02 Å². The fourth-order valence-electron chi connectivity index (χ4n) is 2.45. The number of ether oxygens (including phenoxy) is 1. The molecule has 0 radical (unpaired) electrons. The van der Waals surface area contributed by atoms with E-state index >= 15 is 0 Å². The zero-order valence-electron chi connectivity index (χ0n) is 15.8. The lowest BCUT2D eigenvalue weighted by Gasteiger charge is -2.23. The van der Waals surface area contributed by atoms with E-state index in [9.17, 15) is 26.4 Å². The summed E-state index contributed by atoms with van der Waals surface area (Å²) in [5.74, 6) is -0.733. The second-order valence-electron chi connectivity index (χ2n) is 5.96. The molecular weight excluding hydrogens is 447 g/mol. The van der Waals surface area contributed by atoms with Crippen molar-refractivity contribution in [3.8, 4) is 5.75 Å². The third-order valence-corrected chi connectivity index (χ3v) is 5.12. The van der Waals surface area contributed by atoms with Gasteiger partial charge in [0.1, 0.15) is 12.3 Å². The molecule has 7 nitrogen and oxygen atoms in total. The number of methoxy groups -OCH3 is 1. The normalized spacial score (nSPS) is 12.1. The van der Waals surface area contributed by atoms with Crippen LogP contribution in [0, 0.1) is 0 Å². The minimum absolute atomic E-state index is 0.0223. The lowest BCUT2D eigenvalue weighted by molar-refractivity contribution is -0.137. The van der Waals surface area contributed by atoms with E-state index in [4.69, 9.17) is 16.3 Å². The summed E-state index contributed by atoms with van der Waals surface area (Å²) in [5.41, 5.74) is 0.851. The van der Waals surface area contributed by atoms with Crippen LogP contribution in [0.4, 0.5) is 18.9 Å². The van der Waals surface area contributed by atoms with Crippen LogP contribution in [0.5, 0.6) is 5.75 Å². The predicted molar refractivity (Wildman–Crippen MR) is 107 cm³/mol. The lowest BCUT2D eigenvalue weighted by atomic mass is 10.1. The van der Waals surface area contributed by atoms with Gasteiger partial charge in [-0.2, -0.15) is 18.3 Å². The Kier molecular flexibility index (Phi) is 7.32. The van der Waals surface area contributed by atoms with Gasteiger partial charge >= 0.3 is 6.18 Å². The van der Waals surface area contributed by atoms with Crippen molar-refractivity contribution in [2.75, 3.05) is 24.2 Å². The van der Waals surface area contributed by atoms with E-state index in [0.29, 0.717) is 0 Å². The van der Waals surface area contributed by atoms with Gasteiger partial charge in [0.2, 0.25) is 10.0 Å². The number of hydrogen-bond donors (Lipinski definition) is 1. The molecule has 0 aliphatic rings. The Morgan fingerprint density at radius 2 is 1.93 bits per heavy atom. The molecule has 2 aromatic carbocycles. The number of nitrogens with one attached hydrogen (secondary N) is 1. The standard InChI is InChI=1S/C18H17ClF3N3O4S/c1-29-16-8-7-13(19)9-15(16)25(30(2,27)28)11-17(26)24-23-10-12-5-3-4-6-14(12)18(20,21)22/h3-10H,11H2,1-2H3,(H,24,26)/b23-10-. The molecule has 0 heterocycles. The summed E-state index contributed by atoms with van der Waals surface area (Å²) < 4.78 is 69.2.